The molecule has 0 spiro atoms. The topological polar surface area (TPSA) is 56.7 Å². The van der Waals surface area contributed by atoms with Crippen molar-refractivity contribution in [3.05, 3.63) is 35.9 Å². The molecule has 5 heteroatoms. The Morgan fingerprint density at radius 3 is 2.55 bits per heavy atom. The normalized spacial score (nSPS) is 12.6. The number of nitrogens with zero attached hydrogens (tertiary/aromatic N) is 2. The van der Waals surface area contributed by atoms with E-state index in [0.717, 1.165) is 19.4 Å². The van der Waals surface area contributed by atoms with Crippen LogP contribution in [0.15, 0.2) is 35.3 Å². The lowest BCUT2D eigenvalue weighted by atomic mass is 10.1. The van der Waals surface area contributed by atoms with Crippen LogP contribution in [0.1, 0.15) is 38.3 Å². The fraction of sp³-hybridized carbons (Fsp3) is 0.529. The van der Waals surface area contributed by atoms with Gasteiger partial charge in [0.2, 0.25) is 5.91 Å². The standard InChI is InChI=1S/C17H28N4O/c1-5-6-12-18-17(19-13-16(22)21(3)4)20-14(2)15-10-8-7-9-11-15/h7-11,14H,5-6,12-13H2,1-4H3,(H2,18,19,20). The first-order valence-corrected chi connectivity index (χ1v) is 7.84. The number of hydrogen-bond acceptors (Lipinski definition) is 2. The van der Waals surface area contributed by atoms with Crippen molar-refractivity contribution >= 4 is 11.9 Å². The smallest absolute Gasteiger partial charge is 0.243 e. The number of likely N-dealkylation sites (N-methyl/N-ethyl adjacent to an activating group) is 1. The molecule has 0 aliphatic rings. The maximum Gasteiger partial charge on any atom is 0.243 e. The lowest BCUT2D eigenvalue weighted by molar-refractivity contribution is -0.127. The van der Waals surface area contributed by atoms with E-state index in [1.54, 1.807) is 19.0 Å². The van der Waals surface area contributed by atoms with Gasteiger partial charge in [0.15, 0.2) is 5.96 Å². The van der Waals surface area contributed by atoms with Gasteiger partial charge in [-0.05, 0) is 18.9 Å². The van der Waals surface area contributed by atoms with Gasteiger partial charge in [-0.3, -0.25) is 4.79 Å². The van der Waals surface area contributed by atoms with Crippen molar-refractivity contribution in [2.75, 3.05) is 27.2 Å². The molecular formula is C17H28N4O. The zero-order valence-corrected chi connectivity index (χ0v) is 14.1. The number of nitrogens with one attached hydrogen (secondary N) is 2. The van der Waals surface area contributed by atoms with Gasteiger partial charge in [-0.15, -0.1) is 0 Å². The largest absolute Gasteiger partial charge is 0.356 e. The summed E-state index contributed by atoms with van der Waals surface area (Å²) >= 11 is 0. The predicted molar refractivity (Wildman–Crippen MR) is 91.9 cm³/mol. The van der Waals surface area contributed by atoms with E-state index in [1.165, 1.54) is 5.56 Å². The average molecular weight is 304 g/mol. The maximum absolute atomic E-state index is 11.7. The van der Waals surface area contributed by atoms with Gasteiger partial charge in [0, 0.05) is 20.6 Å². The highest BCUT2D eigenvalue weighted by molar-refractivity contribution is 5.85. The van der Waals surface area contributed by atoms with Gasteiger partial charge in [0.05, 0.1) is 6.04 Å². The quantitative estimate of drug-likeness (QED) is 0.461. The molecule has 0 aliphatic heterocycles. The van der Waals surface area contributed by atoms with Crippen molar-refractivity contribution in [1.29, 1.82) is 0 Å². The Balaban J connectivity index is 2.68. The summed E-state index contributed by atoms with van der Waals surface area (Å²) in [5, 5.41) is 6.64. The van der Waals surface area contributed by atoms with Crippen LogP contribution in [-0.2, 0) is 4.79 Å². The first-order valence-electron chi connectivity index (χ1n) is 7.84. The van der Waals surface area contributed by atoms with E-state index < -0.39 is 0 Å². The van der Waals surface area contributed by atoms with Gasteiger partial charge in [-0.1, -0.05) is 43.7 Å². The van der Waals surface area contributed by atoms with Crippen LogP contribution < -0.4 is 10.6 Å². The summed E-state index contributed by atoms with van der Waals surface area (Å²) in [6.45, 7) is 5.23. The molecule has 0 bridgehead atoms. The van der Waals surface area contributed by atoms with Crippen LogP contribution in [0.5, 0.6) is 0 Å². The molecule has 22 heavy (non-hydrogen) atoms. The monoisotopic (exact) mass is 304 g/mol. The summed E-state index contributed by atoms with van der Waals surface area (Å²) in [5.74, 6) is 0.670. The second-order valence-electron chi connectivity index (χ2n) is 5.51. The van der Waals surface area contributed by atoms with Gasteiger partial charge in [0.1, 0.15) is 6.54 Å². The van der Waals surface area contributed by atoms with Gasteiger partial charge in [-0.25, -0.2) is 4.99 Å². The fourth-order valence-corrected chi connectivity index (χ4v) is 1.85. The van der Waals surface area contributed by atoms with E-state index in [9.17, 15) is 4.79 Å². The minimum Gasteiger partial charge on any atom is -0.356 e. The summed E-state index contributed by atoms with van der Waals surface area (Å²) in [7, 11) is 3.48. The Hall–Kier alpha value is -2.04. The Morgan fingerprint density at radius 2 is 1.95 bits per heavy atom. The molecule has 1 atom stereocenters. The molecule has 0 fully saturated rings. The predicted octanol–water partition coefficient (Wildman–Crippen LogP) is 2.17. The van der Waals surface area contributed by atoms with Crippen LogP contribution in [0.3, 0.4) is 0 Å². The van der Waals surface area contributed by atoms with Crippen molar-refractivity contribution in [1.82, 2.24) is 15.5 Å². The van der Waals surface area contributed by atoms with Gasteiger partial charge < -0.3 is 15.5 Å². The molecule has 1 aromatic rings. The van der Waals surface area contributed by atoms with Crippen LogP contribution >= 0.6 is 0 Å². The number of carbonyl (C=O) groups excluding carboxylic acids is 1. The van der Waals surface area contributed by atoms with Crippen LogP contribution in [0.2, 0.25) is 0 Å². The Kier molecular flexibility index (Phi) is 8.04. The summed E-state index contributed by atoms with van der Waals surface area (Å²) in [5.41, 5.74) is 1.19. The summed E-state index contributed by atoms with van der Waals surface area (Å²) < 4.78 is 0. The first-order chi connectivity index (χ1) is 10.5. The fourth-order valence-electron chi connectivity index (χ4n) is 1.85. The van der Waals surface area contributed by atoms with Crippen molar-refractivity contribution in [2.24, 2.45) is 4.99 Å². The highest BCUT2D eigenvalue weighted by Gasteiger charge is 2.09. The van der Waals surface area contributed by atoms with Gasteiger partial charge in [0.25, 0.3) is 0 Å². The van der Waals surface area contributed by atoms with Gasteiger partial charge >= 0.3 is 0 Å². The highest BCUT2D eigenvalue weighted by atomic mass is 16.2. The van der Waals surface area contributed by atoms with Crippen molar-refractivity contribution < 1.29 is 4.79 Å². The third kappa shape index (κ3) is 6.61. The minimum absolute atomic E-state index is 0.0102. The van der Waals surface area contributed by atoms with Crippen LogP contribution in [0.25, 0.3) is 0 Å². The number of amides is 1. The molecule has 0 aromatic heterocycles. The lowest BCUT2D eigenvalue weighted by Crippen LogP contribution is -2.40. The van der Waals surface area contributed by atoms with E-state index in [4.69, 9.17) is 0 Å². The van der Waals surface area contributed by atoms with Crippen molar-refractivity contribution in [3.8, 4) is 0 Å². The van der Waals surface area contributed by atoms with Crippen LogP contribution in [0.4, 0.5) is 0 Å². The second kappa shape index (κ2) is 9.82. The zero-order valence-electron chi connectivity index (χ0n) is 14.1. The third-order valence-electron chi connectivity index (χ3n) is 3.35. The molecule has 0 radical (unpaired) electrons. The molecule has 0 saturated carbocycles. The van der Waals surface area contributed by atoms with Crippen LogP contribution in [0, 0.1) is 0 Å². The first kappa shape index (κ1) is 18.0. The lowest BCUT2D eigenvalue weighted by Gasteiger charge is -2.19. The molecule has 1 aromatic carbocycles. The number of benzene rings is 1. The number of guanidine groups is 1. The summed E-state index contributed by atoms with van der Waals surface area (Å²) in [6, 6.07) is 10.3. The average Bonchev–Trinajstić information content (AvgIpc) is 2.52. The molecule has 122 valence electrons. The number of carbonyl (C=O) groups is 1. The maximum atomic E-state index is 11.7. The van der Waals surface area contributed by atoms with Crippen molar-refractivity contribution in [3.63, 3.8) is 0 Å². The molecule has 0 heterocycles. The van der Waals surface area contributed by atoms with E-state index in [0.29, 0.717) is 5.96 Å². The molecule has 0 saturated heterocycles. The molecule has 2 N–H and O–H groups in total. The molecular weight excluding hydrogens is 276 g/mol. The van der Waals surface area contributed by atoms with E-state index in [1.807, 2.05) is 18.2 Å². The van der Waals surface area contributed by atoms with E-state index in [2.05, 4.69) is 41.6 Å². The molecule has 1 rings (SSSR count). The van der Waals surface area contributed by atoms with Crippen LogP contribution in [-0.4, -0.2) is 44.0 Å². The Labute approximate surface area is 133 Å². The Bertz CT molecular complexity index is 471. The number of hydrogen-bond donors (Lipinski definition) is 2. The zero-order chi connectivity index (χ0) is 16.4. The SMILES string of the molecule is CCCCNC(=NCC(=O)N(C)C)NC(C)c1ccccc1. The molecule has 1 amide bonds. The number of rotatable bonds is 7. The summed E-state index contributed by atoms with van der Waals surface area (Å²) in [4.78, 5) is 17.6. The van der Waals surface area contributed by atoms with Gasteiger partial charge in [-0.2, -0.15) is 0 Å². The highest BCUT2D eigenvalue weighted by Crippen LogP contribution is 2.10. The molecule has 1 unspecified atom stereocenters. The number of unbranched alkanes of at least 4 members (excludes halogenated alkanes) is 1. The Morgan fingerprint density at radius 1 is 1.27 bits per heavy atom. The third-order valence-corrected chi connectivity index (χ3v) is 3.35. The summed E-state index contributed by atoms with van der Waals surface area (Å²) in [6.07, 6.45) is 2.19. The molecule has 0 aliphatic carbocycles. The van der Waals surface area contributed by atoms with E-state index in [-0.39, 0.29) is 18.5 Å². The van der Waals surface area contributed by atoms with Crippen molar-refractivity contribution in [2.45, 2.75) is 32.7 Å². The molecule has 5 nitrogen and oxygen atoms in total. The second-order valence-corrected chi connectivity index (χ2v) is 5.51. The minimum atomic E-state index is -0.0102. The van der Waals surface area contributed by atoms with E-state index >= 15 is 0 Å². The number of aliphatic imine (C=N–C) groups is 1.